The summed E-state index contributed by atoms with van der Waals surface area (Å²) in [4.78, 5) is 11.3. The van der Waals surface area contributed by atoms with Gasteiger partial charge in [-0.05, 0) is 25.2 Å². The van der Waals surface area contributed by atoms with E-state index in [2.05, 4.69) is 20.8 Å². The monoisotopic (exact) mass is 397 g/mol. The van der Waals surface area contributed by atoms with Crippen LogP contribution in [0.1, 0.15) is 137 Å². The molecule has 0 aromatic heterocycles. The van der Waals surface area contributed by atoms with E-state index in [4.69, 9.17) is 10.5 Å². The largest absolute Gasteiger partial charge is 0.446 e. The van der Waals surface area contributed by atoms with E-state index in [9.17, 15) is 4.79 Å². The third-order valence-electron chi connectivity index (χ3n) is 6.24. The van der Waals surface area contributed by atoms with Gasteiger partial charge in [-0.2, -0.15) is 0 Å². The van der Waals surface area contributed by atoms with Crippen molar-refractivity contribution in [3.63, 3.8) is 0 Å². The molecule has 0 spiro atoms. The van der Waals surface area contributed by atoms with E-state index >= 15 is 0 Å². The van der Waals surface area contributed by atoms with Gasteiger partial charge in [-0.15, -0.1) is 0 Å². The van der Waals surface area contributed by atoms with Gasteiger partial charge in [0.05, 0.1) is 0 Å². The lowest BCUT2D eigenvalue weighted by Crippen LogP contribution is -2.32. The SMILES string of the molecule is CCCCCCCCCC(CCCCCCCC)C(CCC)C(C)OC(N)=O. The lowest BCUT2D eigenvalue weighted by Gasteiger charge is -2.31. The summed E-state index contributed by atoms with van der Waals surface area (Å²) in [5.41, 5.74) is 5.31. The van der Waals surface area contributed by atoms with Crippen LogP contribution in [0, 0.1) is 11.8 Å². The molecule has 3 atom stereocenters. The average Bonchev–Trinajstić information content (AvgIpc) is 2.66. The fourth-order valence-corrected chi connectivity index (χ4v) is 4.58. The predicted molar refractivity (Wildman–Crippen MR) is 123 cm³/mol. The first-order valence-corrected chi connectivity index (χ1v) is 12.5. The molecule has 3 unspecified atom stereocenters. The number of unbranched alkanes of at least 4 members (excludes halogenated alkanes) is 11. The van der Waals surface area contributed by atoms with Crippen molar-refractivity contribution in [2.45, 2.75) is 143 Å². The van der Waals surface area contributed by atoms with Gasteiger partial charge in [-0.1, -0.05) is 124 Å². The highest BCUT2D eigenvalue weighted by atomic mass is 16.6. The summed E-state index contributed by atoms with van der Waals surface area (Å²) in [6.07, 6.45) is 21.7. The normalized spacial score (nSPS) is 14.6. The van der Waals surface area contributed by atoms with Gasteiger partial charge in [0.25, 0.3) is 0 Å². The number of primary amides is 1. The zero-order chi connectivity index (χ0) is 21.0. The highest BCUT2D eigenvalue weighted by Gasteiger charge is 2.27. The van der Waals surface area contributed by atoms with Gasteiger partial charge in [-0.25, -0.2) is 4.79 Å². The topological polar surface area (TPSA) is 52.3 Å². The molecule has 0 aliphatic rings. The molecule has 0 saturated heterocycles. The van der Waals surface area contributed by atoms with Gasteiger partial charge in [0.15, 0.2) is 0 Å². The molecule has 0 aliphatic carbocycles. The minimum atomic E-state index is -0.622. The summed E-state index contributed by atoms with van der Waals surface area (Å²) in [6.45, 7) is 8.83. The zero-order valence-electron chi connectivity index (χ0n) is 19.6. The summed E-state index contributed by atoms with van der Waals surface area (Å²) in [6, 6.07) is 0. The highest BCUT2D eigenvalue weighted by molar-refractivity contribution is 5.64. The molecule has 0 aliphatic heterocycles. The van der Waals surface area contributed by atoms with Gasteiger partial charge < -0.3 is 10.5 Å². The second kappa shape index (κ2) is 19.6. The van der Waals surface area contributed by atoms with E-state index in [1.54, 1.807) is 0 Å². The standard InChI is InChI=1S/C25H51NO2/c1-5-8-10-12-14-16-18-21-23(20-17-15-13-11-9-6-2)24(19-7-3)22(4)28-25(26)27/h22-24H,5-21H2,1-4H3,(H2,26,27). The third-order valence-corrected chi connectivity index (χ3v) is 6.24. The summed E-state index contributed by atoms with van der Waals surface area (Å²) < 4.78 is 5.42. The summed E-state index contributed by atoms with van der Waals surface area (Å²) in [5.74, 6) is 1.12. The second-order valence-corrected chi connectivity index (χ2v) is 8.82. The molecule has 0 fully saturated rings. The summed E-state index contributed by atoms with van der Waals surface area (Å²) in [7, 11) is 0. The van der Waals surface area contributed by atoms with Gasteiger partial charge in [0.2, 0.25) is 0 Å². The fourth-order valence-electron chi connectivity index (χ4n) is 4.58. The molecule has 0 saturated carbocycles. The number of hydrogen-bond donors (Lipinski definition) is 1. The molecule has 2 N–H and O–H groups in total. The van der Waals surface area contributed by atoms with E-state index in [1.165, 1.54) is 96.3 Å². The van der Waals surface area contributed by atoms with Crippen molar-refractivity contribution < 1.29 is 9.53 Å². The molecule has 0 aromatic rings. The third kappa shape index (κ3) is 15.2. The van der Waals surface area contributed by atoms with Gasteiger partial charge in [0.1, 0.15) is 6.10 Å². The number of carbonyl (C=O) groups is 1. The molecule has 0 aromatic carbocycles. The van der Waals surface area contributed by atoms with E-state index in [1.807, 2.05) is 6.92 Å². The molecular weight excluding hydrogens is 346 g/mol. The number of carbonyl (C=O) groups excluding carboxylic acids is 1. The summed E-state index contributed by atoms with van der Waals surface area (Å²) in [5, 5.41) is 0. The molecule has 3 heteroatoms. The maximum Gasteiger partial charge on any atom is 0.404 e. The average molecular weight is 398 g/mol. The van der Waals surface area contributed by atoms with Crippen molar-refractivity contribution in [2.75, 3.05) is 0 Å². The lowest BCUT2D eigenvalue weighted by molar-refractivity contribution is 0.0469. The van der Waals surface area contributed by atoms with E-state index < -0.39 is 6.09 Å². The number of amides is 1. The molecule has 3 nitrogen and oxygen atoms in total. The Morgan fingerprint density at radius 2 is 1.11 bits per heavy atom. The summed E-state index contributed by atoms with van der Waals surface area (Å²) >= 11 is 0. The van der Waals surface area contributed by atoms with Crippen LogP contribution in [0.4, 0.5) is 4.79 Å². The van der Waals surface area contributed by atoms with Gasteiger partial charge in [0, 0.05) is 0 Å². The van der Waals surface area contributed by atoms with Crippen LogP contribution >= 0.6 is 0 Å². The van der Waals surface area contributed by atoms with Gasteiger partial charge >= 0.3 is 6.09 Å². The molecule has 168 valence electrons. The van der Waals surface area contributed by atoms with Crippen LogP contribution in [0.15, 0.2) is 0 Å². The number of rotatable bonds is 20. The minimum Gasteiger partial charge on any atom is -0.446 e. The molecule has 28 heavy (non-hydrogen) atoms. The van der Waals surface area contributed by atoms with Crippen molar-refractivity contribution in [3.05, 3.63) is 0 Å². The first-order chi connectivity index (χ1) is 13.6. The Morgan fingerprint density at radius 1 is 0.679 bits per heavy atom. The Hall–Kier alpha value is -0.730. The molecule has 1 amide bonds. The van der Waals surface area contributed by atoms with Crippen LogP contribution in [0.3, 0.4) is 0 Å². The predicted octanol–water partition coefficient (Wildman–Crippen LogP) is 8.39. The van der Waals surface area contributed by atoms with Crippen molar-refractivity contribution >= 4 is 6.09 Å². The molecule has 0 radical (unpaired) electrons. The first-order valence-electron chi connectivity index (χ1n) is 12.5. The van der Waals surface area contributed by atoms with Crippen LogP contribution < -0.4 is 5.73 Å². The Morgan fingerprint density at radius 3 is 1.50 bits per heavy atom. The van der Waals surface area contributed by atoms with Crippen LogP contribution in [0.2, 0.25) is 0 Å². The Balaban J connectivity index is 4.53. The Labute approximate surface area is 176 Å². The van der Waals surface area contributed by atoms with Crippen LogP contribution in [0.25, 0.3) is 0 Å². The van der Waals surface area contributed by atoms with Crippen molar-refractivity contribution in [1.29, 1.82) is 0 Å². The van der Waals surface area contributed by atoms with Crippen molar-refractivity contribution in [1.82, 2.24) is 0 Å². The maximum atomic E-state index is 11.3. The van der Waals surface area contributed by atoms with E-state index in [0.29, 0.717) is 11.8 Å². The molecule has 0 heterocycles. The Bertz CT molecular complexity index is 345. The fraction of sp³-hybridized carbons (Fsp3) is 0.960. The number of hydrogen-bond acceptors (Lipinski definition) is 2. The maximum absolute atomic E-state index is 11.3. The quantitative estimate of drug-likeness (QED) is 0.210. The lowest BCUT2D eigenvalue weighted by atomic mass is 9.78. The second-order valence-electron chi connectivity index (χ2n) is 8.82. The number of ether oxygens (including phenoxy) is 1. The minimum absolute atomic E-state index is 0.0629. The smallest absolute Gasteiger partial charge is 0.404 e. The van der Waals surface area contributed by atoms with Crippen molar-refractivity contribution in [3.8, 4) is 0 Å². The Kier molecular flexibility index (Phi) is 19.1. The molecular formula is C25H51NO2. The van der Waals surface area contributed by atoms with Crippen molar-refractivity contribution in [2.24, 2.45) is 17.6 Å². The van der Waals surface area contributed by atoms with E-state index in [-0.39, 0.29) is 6.10 Å². The number of nitrogens with two attached hydrogens (primary N) is 1. The van der Waals surface area contributed by atoms with Crippen LogP contribution in [-0.2, 0) is 4.74 Å². The van der Waals surface area contributed by atoms with Crippen LogP contribution in [-0.4, -0.2) is 12.2 Å². The molecule has 0 bridgehead atoms. The van der Waals surface area contributed by atoms with E-state index in [0.717, 1.165) is 12.8 Å². The van der Waals surface area contributed by atoms with Gasteiger partial charge in [-0.3, -0.25) is 0 Å². The highest BCUT2D eigenvalue weighted by Crippen LogP contribution is 2.32. The zero-order valence-corrected chi connectivity index (χ0v) is 19.6. The first kappa shape index (κ1) is 27.3. The molecule has 0 rings (SSSR count). The van der Waals surface area contributed by atoms with Crippen LogP contribution in [0.5, 0.6) is 0 Å².